The molecule has 9 nitrogen and oxygen atoms in total. The average Bonchev–Trinajstić information content (AvgIpc) is 3.81. The molecule has 0 saturated carbocycles. The first-order valence-electron chi connectivity index (χ1n) is 19.3. The summed E-state index contributed by atoms with van der Waals surface area (Å²) in [5.41, 5.74) is 1.21. The highest BCUT2D eigenvalue weighted by atomic mass is 19.1. The van der Waals surface area contributed by atoms with Gasteiger partial charge in [0.15, 0.2) is 5.82 Å². The van der Waals surface area contributed by atoms with Crippen LogP contribution in [0.5, 0.6) is 11.8 Å². The minimum Gasteiger partial charge on any atom is -0.508 e. The second-order valence-corrected chi connectivity index (χ2v) is 15.7. The van der Waals surface area contributed by atoms with E-state index in [-0.39, 0.29) is 40.8 Å². The second-order valence-electron chi connectivity index (χ2n) is 15.7. The van der Waals surface area contributed by atoms with Gasteiger partial charge in [0.2, 0.25) is 5.91 Å². The van der Waals surface area contributed by atoms with Crippen molar-refractivity contribution < 1.29 is 19.0 Å². The number of rotatable bonds is 9. The first-order valence-corrected chi connectivity index (χ1v) is 19.3. The third-order valence-corrected chi connectivity index (χ3v) is 12.6. The number of benzene rings is 3. The Balaban J connectivity index is 1.03. The largest absolute Gasteiger partial charge is 0.508 e. The van der Waals surface area contributed by atoms with Crippen molar-refractivity contribution in [3.63, 3.8) is 0 Å². The van der Waals surface area contributed by atoms with Gasteiger partial charge >= 0.3 is 6.01 Å². The topological polar surface area (TPSA) is 85.3 Å². The molecule has 2 bridgehead atoms. The number of piperidine rings is 1. The van der Waals surface area contributed by atoms with Crippen LogP contribution < -0.4 is 9.64 Å². The molecule has 5 aliphatic rings. The highest BCUT2D eigenvalue weighted by molar-refractivity contribution is 6.01. The van der Waals surface area contributed by atoms with Crippen molar-refractivity contribution in [1.29, 1.82) is 0 Å². The molecule has 51 heavy (non-hydrogen) atoms. The second kappa shape index (κ2) is 13.5. The normalized spacial score (nSPS) is 23.4. The summed E-state index contributed by atoms with van der Waals surface area (Å²) in [4.78, 5) is 32.9. The predicted molar refractivity (Wildman–Crippen MR) is 198 cm³/mol. The number of anilines is 1. The lowest BCUT2D eigenvalue weighted by molar-refractivity contribution is -0.134. The van der Waals surface area contributed by atoms with Gasteiger partial charge in [-0.15, -0.1) is 0 Å². The van der Waals surface area contributed by atoms with Crippen molar-refractivity contribution in [2.24, 2.45) is 0 Å². The number of halogens is 1. The van der Waals surface area contributed by atoms with Gasteiger partial charge in [0, 0.05) is 42.5 Å². The van der Waals surface area contributed by atoms with E-state index in [1.165, 1.54) is 19.3 Å². The lowest BCUT2D eigenvalue weighted by Crippen LogP contribution is -2.56. The van der Waals surface area contributed by atoms with Gasteiger partial charge in [-0.05, 0) is 125 Å². The molecule has 3 aromatic carbocycles. The maximum atomic E-state index is 17.0. The Labute approximate surface area is 299 Å². The zero-order valence-electron chi connectivity index (χ0n) is 29.5. The van der Waals surface area contributed by atoms with Crippen LogP contribution in [-0.2, 0) is 4.79 Å². The van der Waals surface area contributed by atoms with E-state index in [4.69, 9.17) is 14.7 Å². The maximum Gasteiger partial charge on any atom is 0.319 e. The Hall–Kier alpha value is -4.02. The number of phenols is 1. The number of aromatic hydroxyl groups is 1. The van der Waals surface area contributed by atoms with Gasteiger partial charge in [0.05, 0.1) is 5.54 Å². The summed E-state index contributed by atoms with van der Waals surface area (Å²) < 4.78 is 23.5. The summed E-state index contributed by atoms with van der Waals surface area (Å²) in [6.07, 6.45) is 11.8. The molecule has 0 spiro atoms. The fourth-order valence-corrected chi connectivity index (χ4v) is 10.1. The fourth-order valence-electron chi connectivity index (χ4n) is 10.1. The third kappa shape index (κ3) is 6.08. The molecule has 1 aromatic heterocycles. The summed E-state index contributed by atoms with van der Waals surface area (Å²) >= 11 is 0. The molecular formula is C41H49FN6O3. The van der Waals surface area contributed by atoms with Crippen molar-refractivity contribution in [2.45, 2.75) is 88.3 Å². The Morgan fingerprint density at radius 1 is 0.882 bits per heavy atom. The quantitative estimate of drug-likeness (QED) is 0.206. The van der Waals surface area contributed by atoms with Gasteiger partial charge in [-0.2, -0.15) is 9.97 Å². The van der Waals surface area contributed by atoms with Crippen LogP contribution in [0.2, 0.25) is 0 Å². The van der Waals surface area contributed by atoms with Crippen LogP contribution in [0.3, 0.4) is 0 Å². The average molecular weight is 693 g/mol. The standard InChI is InChI=1S/C41H49FN6O3/c42-37-33(35-24-31(49)23-28-9-2-3-10-32(28)35)14-15-34-38(37)43-40(51-27-41-16-7-21-47(41)22-8-17-41)44-39(34)46-25-29-12-13-30(26-46)48(29)36(50)11-6-20-45-18-4-1-5-19-45/h2-3,9-10,14-15,23-24,29-30,49H,1,4-8,11-13,16-22,25-27H2/t29-,30+. The first kappa shape index (κ1) is 32.9. The van der Waals surface area contributed by atoms with Crippen LogP contribution in [0.25, 0.3) is 32.8 Å². The summed E-state index contributed by atoms with van der Waals surface area (Å²) in [5.74, 6) is 0.565. The summed E-state index contributed by atoms with van der Waals surface area (Å²) in [5, 5.41) is 12.9. The summed E-state index contributed by atoms with van der Waals surface area (Å²) in [6.45, 7) is 7.28. The van der Waals surface area contributed by atoms with Crippen molar-refractivity contribution in [3.05, 3.63) is 54.3 Å². The van der Waals surface area contributed by atoms with Crippen molar-refractivity contribution in [1.82, 2.24) is 24.7 Å². The molecule has 0 radical (unpaired) electrons. The number of ether oxygens (including phenoxy) is 1. The molecular weight excluding hydrogens is 643 g/mol. The summed E-state index contributed by atoms with van der Waals surface area (Å²) in [6, 6.07) is 15.2. The lowest BCUT2D eigenvalue weighted by Gasteiger charge is -2.42. The highest BCUT2D eigenvalue weighted by Crippen LogP contribution is 2.42. The Morgan fingerprint density at radius 2 is 1.65 bits per heavy atom. The van der Waals surface area contributed by atoms with Gasteiger partial charge < -0.3 is 24.5 Å². The van der Waals surface area contributed by atoms with Gasteiger partial charge in [-0.25, -0.2) is 4.39 Å². The molecule has 4 aromatic rings. The molecule has 9 rings (SSSR count). The number of phenolic OH excluding ortho intramolecular Hbond substituents is 1. The first-order chi connectivity index (χ1) is 25.0. The molecule has 5 fully saturated rings. The molecule has 268 valence electrons. The smallest absolute Gasteiger partial charge is 0.319 e. The number of amides is 1. The monoisotopic (exact) mass is 692 g/mol. The molecule has 10 heteroatoms. The van der Waals surface area contributed by atoms with Crippen LogP contribution in [0, 0.1) is 5.82 Å². The van der Waals surface area contributed by atoms with Crippen LogP contribution in [0.4, 0.5) is 10.2 Å². The molecule has 5 aliphatic heterocycles. The van der Waals surface area contributed by atoms with E-state index < -0.39 is 5.82 Å². The molecule has 0 aliphatic carbocycles. The van der Waals surface area contributed by atoms with Crippen LogP contribution in [-0.4, -0.2) is 106 Å². The number of carbonyl (C=O) groups excluding carboxylic acids is 1. The Bertz CT molecular complexity index is 1920. The zero-order valence-corrected chi connectivity index (χ0v) is 29.5. The van der Waals surface area contributed by atoms with E-state index >= 15 is 4.39 Å². The minimum atomic E-state index is -0.455. The van der Waals surface area contributed by atoms with E-state index in [0.717, 1.165) is 88.4 Å². The third-order valence-electron chi connectivity index (χ3n) is 12.6. The number of likely N-dealkylation sites (tertiary alicyclic amines) is 1. The van der Waals surface area contributed by atoms with Crippen molar-refractivity contribution in [3.8, 4) is 22.9 Å². The minimum absolute atomic E-state index is 0.00154. The van der Waals surface area contributed by atoms with E-state index in [1.807, 2.05) is 30.3 Å². The van der Waals surface area contributed by atoms with Crippen LogP contribution in [0.1, 0.15) is 70.6 Å². The fraction of sp³-hybridized carbons (Fsp3) is 0.537. The molecule has 0 unspecified atom stereocenters. The van der Waals surface area contributed by atoms with E-state index in [9.17, 15) is 9.90 Å². The number of carbonyl (C=O) groups is 1. The number of fused-ring (bicyclic) bond motifs is 5. The van der Waals surface area contributed by atoms with Gasteiger partial charge in [-0.3, -0.25) is 9.69 Å². The van der Waals surface area contributed by atoms with Crippen LogP contribution >= 0.6 is 0 Å². The number of aromatic nitrogens is 2. The lowest BCUT2D eigenvalue weighted by atomic mass is 9.95. The number of hydrogen-bond donors (Lipinski definition) is 1. The van der Waals surface area contributed by atoms with Crippen LogP contribution in [0.15, 0.2) is 48.5 Å². The van der Waals surface area contributed by atoms with Gasteiger partial charge in [0.25, 0.3) is 0 Å². The van der Waals surface area contributed by atoms with Gasteiger partial charge in [0.1, 0.15) is 23.7 Å². The Kier molecular flexibility index (Phi) is 8.70. The summed E-state index contributed by atoms with van der Waals surface area (Å²) in [7, 11) is 0. The van der Waals surface area contributed by atoms with E-state index in [1.54, 1.807) is 18.2 Å². The molecule has 6 heterocycles. The number of hydrogen-bond acceptors (Lipinski definition) is 8. The molecule has 2 atom stereocenters. The maximum absolute atomic E-state index is 17.0. The van der Waals surface area contributed by atoms with E-state index in [2.05, 4.69) is 19.6 Å². The number of piperazine rings is 1. The SMILES string of the molecule is O=C(CCCN1CCCCC1)N1[C@@H]2CC[C@H]1CN(c1nc(OCC34CCCN3CCC4)nc3c(F)c(-c4cc(O)cc5ccccc45)ccc13)C2. The molecule has 1 amide bonds. The van der Waals surface area contributed by atoms with Crippen molar-refractivity contribution >= 4 is 33.4 Å². The number of nitrogens with zero attached hydrogens (tertiary/aromatic N) is 6. The highest BCUT2D eigenvalue weighted by Gasteiger charge is 2.46. The van der Waals surface area contributed by atoms with Gasteiger partial charge in [-0.1, -0.05) is 36.8 Å². The molecule has 1 N–H and O–H groups in total. The Morgan fingerprint density at radius 3 is 2.43 bits per heavy atom. The van der Waals surface area contributed by atoms with E-state index in [0.29, 0.717) is 48.4 Å². The zero-order chi connectivity index (χ0) is 34.5. The van der Waals surface area contributed by atoms with Crippen molar-refractivity contribution in [2.75, 3.05) is 57.3 Å². The predicted octanol–water partition coefficient (Wildman–Crippen LogP) is 6.75. The molecule has 5 saturated heterocycles.